The van der Waals surface area contributed by atoms with E-state index in [2.05, 4.69) is 5.32 Å². The second-order valence-electron chi connectivity index (χ2n) is 7.06. The van der Waals surface area contributed by atoms with Crippen molar-refractivity contribution in [3.05, 3.63) is 77.3 Å². The Labute approximate surface area is 182 Å². The predicted molar refractivity (Wildman–Crippen MR) is 122 cm³/mol. The molecule has 0 saturated carbocycles. The van der Waals surface area contributed by atoms with Crippen molar-refractivity contribution < 1.29 is 14.3 Å². The third kappa shape index (κ3) is 5.75. The molecule has 0 aliphatic rings. The average Bonchev–Trinajstić information content (AvgIpc) is 2.74. The van der Waals surface area contributed by atoms with E-state index in [9.17, 15) is 4.79 Å². The van der Waals surface area contributed by atoms with E-state index in [0.29, 0.717) is 34.4 Å². The zero-order chi connectivity index (χ0) is 21.5. The molecule has 1 N–H and O–H groups in total. The summed E-state index contributed by atoms with van der Waals surface area (Å²) in [7, 11) is 5.56. The van der Waals surface area contributed by atoms with Crippen molar-refractivity contribution in [1.82, 2.24) is 4.90 Å². The molecule has 0 fully saturated rings. The summed E-state index contributed by atoms with van der Waals surface area (Å²) in [5.74, 6) is 1.02. The number of likely N-dealkylation sites (N-methyl/N-ethyl adjacent to an activating group) is 1. The van der Waals surface area contributed by atoms with Crippen molar-refractivity contribution in [1.29, 1.82) is 0 Å². The van der Waals surface area contributed by atoms with Crippen LogP contribution in [0.3, 0.4) is 0 Å². The molecule has 0 saturated heterocycles. The first-order valence-corrected chi connectivity index (χ1v) is 9.97. The molecule has 6 heteroatoms. The maximum absolute atomic E-state index is 12.7. The van der Waals surface area contributed by atoms with Crippen molar-refractivity contribution in [2.24, 2.45) is 0 Å². The fourth-order valence-electron chi connectivity index (χ4n) is 2.87. The Morgan fingerprint density at radius 2 is 1.57 bits per heavy atom. The zero-order valence-corrected chi connectivity index (χ0v) is 18.1. The summed E-state index contributed by atoms with van der Waals surface area (Å²) in [5, 5.41) is 3.61. The monoisotopic (exact) mass is 424 g/mol. The first kappa shape index (κ1) is 21.7. The summed E-state index contributed by atoms with van der Waals surface area (Å²) in [5.41, 5.74) is 3.27. The molecule has 0 aromatic heterocycles. The van der Waals surface area contributed by atoms with E-state index in [-0.39, 0.29) is 5.91 Å². The number of methoxy groups -OCH3 is 1. The van der Waals surface area contributed by atoms with Gasteiger partial charge in [-0.1, -0.05) is 35.9 Å². The van der Waals surface area contributed by atoms with Gasteiger partial charge < -0.3 is 19.7 Å². The molecule has 1 amide bonds. The van der Waals surface area contributed by atoms with Gasteiger partial charge in [0.15, 0.2) is 11.5 Å². The van der Waals surface area contributed by atoms with Crippen LogP contribution < -0.4 is 14.8 Å². The summed E-state index contributed by atoms with van der Waals surface area (Å²) in [6.45, 7) is 1.30. The van der Waals surface area contributed by atoms with Crippen molar-refractivity contribution in [3.63, 3.8) is 0 Å². The Bertz CT molecular complexity index is 986. The van der Waals surface area contributed by atoms with Gasteiger partial charge in [0.2, 0.25) is 0 Å². The molecule has 3 rings (SSSR count). The number of hydrogen-bond donors (Lipinski definition) is 1. The largest absolute Gasteiger partial charge is 0.493 e. The first-order chi connectivity index (χ1) is 14.5. The Morgan fingerprint density at radius 1 is 0.933 bits per heavy atom. The fourth-order valence-corrected chi connectivity index (χ4v) is 2.99. The summed E-state index contributed by atoms with van der Waals surface area (Å²) in [6, 6.07) is 20.4. The second kappa shape index (κ2) is 10.1. The zero-order valence-electron chi connectivity index (χ0n) is 17.3. The Morgan fingerprint density at radius 3 is 2.17 bits per heavy atom. The molecule has 0 spiro atoms. The van der Waals surface area contributed by atoms with Gasteiger partial charge in [-0.05, 0) is 61.6 Å². The maximum Gasteiger partial charge on any atom is 0.255 e. The van der Waals surface area contributed by atoms with E-state index in [0.717, 1.165) is 17.7 Å². The van der Waals surface area contributed by atoms with Gasteiger partial charge in [-0.25, -0.2) is 0 Å². The third-order valence-electron chi connectivity index (χ3n) is 4.54. The van der Waals surface area contributed by atoms with E-state index in [4.69, 9.17) is 21.1 Å². The van der Waals surface area contributed by atoms with Crippen LogP contribution in [0, 0.1) is 0 Å². The highest BCUT2D eigenvalue weighted by Gasteiger charge is 2.10. The normalized spacial score (nSPS) is 10.7. The minimum absolute atomic E-state index is 0.193. The summed E-state index contributed by atoms with van der Waals surface area (Å²) in [6.07, 6.45) is 0. The minimum atomic E-state index is -0.193. The molecule has 3 aromatic rings. The highest BCUT2D eigenvalue weighted by Crippen LogP contribution is 2.30. The Hall–Kier alpha value is -3.02. The van der Waals surface area contributed by atoms with Crippen LogP contribution in [0.2, 0.25) is 5.02 Å². The molecule has 0 aliphatic carbocycles. The fraction of sp³-hybridized carbons (Fsp3) is 0.208. The van der Waals surface area contributed by atoms with Crippen molar-refractivity contribution in [2.45, 2.75) is 0 Å². The predicted octanol–water partition coefficient (Wildman–Crippen LogP) is 5.21. The van der Waals surface area contributed by atoms with Crippen LogP contribution in [0.5, 0.6) is 11.5 Å². The molecule has 0 unspecified atom stereocenters. The molecule has 0 bridgehead atoms. The Balaban J connectivity index is 1.69. The molecule has 0 atom stereocenters. The van der Waals surface area contributed by atoms with Gasteiger partial charge in [-0.3, -0.25) is 4.79 Å². The molecule has 0 heterocycles. The molecule has 3 aromatic carbocycles. The third-order valence-corrected chi connectivity index (χ3v) is 4.79. The standard InChI is InChI=1S/C24H25ClN2O3/c1-27(2)14-15-30-23-16-21(12-13-22(23)29-3)26-24(28)19-6-4-17(5-7-19)18-8-10-20(25)11-9-18/h4-13,16H,14-15H2,1-3H3,(H,26,28). The SMILES string of the molecule is COc1ccc(NC(=O)c2ccc(-c3ccc(Cl)cc3)cc2)cc1OCCN(C)C. The van der Waals surface area contributed by atoms with Crippen LogP contribution in [-0.2, 0) is 0 Å². The van der Waals surface area contributed by atoms with Gasteiger partial charge in [0.1, 0.15) is 6.61 Å². The minimum Gasteiger partial charge on any atom is -0.493 e. The number of halogens is 1. The highest BCUT2D eigenvalue weighted by atomic mass is 35.5. The van der Waals surface area contributed by atoms with Crippen LogP contribution in [0.15, 0.2) is 66.7 Å². The number of anilines is 1. The number of rotatable bonds is 8. The lowest BCUT2D eigenvalue weighted by atomic mass is 10.0. The molecule has 30 heavy (non-hydrogen) atoms. The van der Waals surface area contributed by atoms with Gasteiger partial charge in [-0.2, -0.15) is 0 Å². The average molecular weight is 425 g/mol. The summed E-state index contributed by atoms with van der Waals surface area (Å²) < 4.78 is 11.2. The highest BCUT2D eigenvalue weighted by molar-refractivity contribution is 6.30. The van der Waals surface area contributed by atoms with Crippen molar-refractivity contribution in [3.8, 4) is 22.6 Å². The number of carbonyl (C=O) groups is 1. The van der Waals surface area contributed by atoms with E-state index in [1.54, 1.807) is 37.4 Å². The van der Waals surface area contributed by atoms with E-state index in [1.807, 2.05) is 55.4 Å². The van der Waals surface area contributed by atoms with Gasteiger partial charge in [-0.15, -0.1) is 0 Å². The lowest BCUT2D eigenvalue weighted by Crippen LogP contribution is -2.19. The number of hydrogen-bond acceptors (Lipinski definition) is 4. The molecular formula is C24H25ClN2O3. The lowest BCUT2D eigenvalue weighted by Gasteiger charge is -2.15. The quantitative estimate of drug-likeness (QED) is 0.539. The van der Waals surface area contributed by atoms with E-state index in [1.165, 1.54) is 0 Å². The van der Waals surface area contributed by atoms with Crippen LogP contribution in [0.1, 0.15) is 10.4 Å². The number of ether oxygens (including phenoxy) is 2. The van der Waals surface area contributed by atoms with E-state index >= 15 is 0 Å². The number of nitrogens with one attached hydrogen (secondary N) is 1. The second-order valence-corrected chi connectivity index (χ2v) is 7.49. The van der Waals surface area contributed by atoms with Crippen LogP contribution in [0.4, 0.5) is 5.69 Å². The van der Waals surface area contributed by atoms with Crippen LogP contribution >= 0.6 is 11.6 Å². The topological polar surface area (TPSA) is 50.8 Å². The number of nitrogens with zero attached hydrogens (tertiary/aromatic N) is 1. The number of amides is 1. The smallest absolute Gasteiger partial charge is 0.255 e. The molecular weight excluding hydrogens is 400 g/mol. The van der Waals surface area contributed by atoms with E-state index < -0.39 is 0 Å². The number of carbonyl (C=O) groups excluding carboxylic acids is 1. The van der Waals surface area contributed by atoms with Gasteiger partial charge in [0.05, 0.1) is 7.11 Å². The maximum atomic E-state index is 12.7. The van der Waals surface area contributed by atoms with Crippen molar-refractivity contribution in [2.75, 3.05) is 39.7 Å². The molecule has 5 nitrogen and oxygen atoms in total. The Kier molecular flexibility index (Phi) is 7.33. The van der Waals surface area contributed by atoms with Gasteiger partial charge in [0.25, 0.3) is 5.91 Å². The van der Waals surface area contributed by atoms with Crippen LogP contribution in [0.25, 0.3) is 11.1 Å². The van der Waals surface area contributed by atoms with Crippen LogP contribution in [-0.4, -0.2) is 45.2 Å². The van der Waals surface area contributed by atoms with Crippen molar-refractivity contribution >= 4 is 23.2 Å². The number of benzene rings is 3. The summed E-state index contributed by atoms with van der Waals surface area (Å²) in [4.78, 5) is 14.7. The molecule has 0 radical (unpaired) electrons. The van der Waals surface area contributed by atoms with Gasteiger partial charge in [0, 0.05) is 28.9 Å². The lowest BCUT2D eigenvalue weighted by molar-refractivity contribution is 0.102. The summed E-state index contributed by atoms with van der Waals surface area (Å²) >= 11 is 5.94. The first-order valence-electron chi connectivity index (χ1n) is 9.59. The molecule has 156 valence electrons. The molecule has 0 aliphatic heterocycles. The van der Waals surface area contributed by atoms with Gasteiger partial charge >= 0.3 is 0 Å².